The first-order chi connectivity index (χ1) is 15.7. The Labute approximate surface area is 196 Å². The van der Waals surface area contributed by atoms with Gasteiger partial charge in [0.05, 0.1) is 15.5 Å². The number of carbonyl (C=O) groups excluding carboxylic acids is 1. The van der Waals surface area contributed by atoms with Gasteiger partial charge in [0.1, 0.15) is 19.3 Å². The Hall–Kier alpha value is -2.96. The molecule has 3 heterocycles. The summed E-state index contributed by atoms with van der Waals surface area (Å²) < 4.78 is 41.4. The lowest BCUT2D eigenvalue weighted by Gasteiger charge is -2.22. The molecule has 1 amide bonds. The summed E-state index contributed by atoms with van der Waals surface area (Å²) in [5.74, 6) is 0.777. The first-order valence-corrected chi connectivity index (χ1v) is 12.6. The maximum Gasteiger partial charge on any atom is 0.244 e. The first kappa shape index (κ1) is 23.2. The van der Waals surface area contributed by atoms with Crippen LogP contribution >= 0.6 is 11.3 Å². The van der Waals surface area contributed by atoms with Crippen molar-refractivity contribution in [3.8, 4) is 22.2 Å². The Balaban J connectivity index is 1.53. The smallest absolute Gasteiger partial charge is 0.244 e. The summed E-state index contributed by atoms with van der Waals surface area (Å²) in [4.78, 5) is 22.6. The molecule has 0 saturated carbocycles. The highest BCUT2D eigenvalue weighted by Crippen LogP contribution is 2.33. The average Bonchev–Trinajstić information content (AvgIpc) is 3.35. The molecule has 0 aliphatic carbocycles. The highest BCUT2D eigenvalue weighted by molar-refractivity contribution is 7.89. The van der Waals surface area contributed by atoms with Gasteiger partial charge in [0, 0.05) is 25.5 Å². The molecule has 33 heavy (non-hydrogen) atoms. The van der Waals surface area contributed by atoms with E-state index in [1.807, 2.05) is 24.7 Å². The molecular formula is C21H25N5O5S2. The van der Waals surface area contributed by atoms with Crippen LogP contribution in [0.2, 0.25) is 0 Å². The van der Waals surface area contributed by atoms with E-state index in [1.54, 1.807) is 26.1 Å². The number of carbonyl (C=O) groups is 1. The molecule has 0 fully saturated rings. The fourth-order valence-corrected chi connectivity index (χ4v) is 5.71. The van der Waals surface area contributed by atoms with E-state index < -0.39 is 22.0 Å². The van der Waals surface area contributed by atoms with Gasteiger partial charge in [-0.15, -0.1) is 0 Å². The van der Waals surface area contributed by atoms with Crippen molar-refractivity contribution in [1.29, 1.82) is 0 Å². The van der Waals surface area contributed by atoms with Crippen molar-refractivity contribution < 1.29 is 22.7 Å². The van der Waals surface area contributed by atoms with Gasteiger partial charge in [-0.3, -0.25) is 4.79 Å². The Morgan fingerprint density at radius 3 is 2.61 bits per heavy atom. The molecule has 0 spiro atoms. The van der Waals surface area contributed by atoms with Gasteiger partial charge in [-0.05, 0) is 25.0 Å². The summed E-state index contributed by atoms with van der Waals surface area (Å²) in [7, 11) is -2.12. The summed E-state index contributed by atoms with van der Waals surface area (Å²) in [6.07, 6.45) is 3.52. The first-order valence-electron chi connectivity index (χ1n) is 10.3. The molecular weight excluding hydrogens is 466 g/mol. The predicted octanol–water partition coefficient (Wildman–Crippen LogP) is 2.56. The quantitative estimate of drug-likeness (QED) is 0.520. The van der Waals surface area contributed by atoms with Crippen LogP contribution < -0.4 is 19.5 Å². The van der Waals surface area contributed by atoms with Crippen LogP contribution in [0, 0.1) is 12.8 Å². The van der Waals surface area contributed by atoms with Crippen LogP contribution in [0.4, 0.5) is 5.13 Å². The van der Waals surface area contributed by atoms with Crippen molar-refractivity contribution in [3.05, 3.63) is 36.3 Å². The van der Waals surface area contributed by atoms with Crippen LogP contribution in [-0.2, 0) is 21.9 Å². The van der Waals surface area contributed by atoms with E-state index in [1.165, 1.54) is 23.5 Å². The molecule has 1 aliphatic rings. The normalized spacial score (nSPS) is 14.3. The van der Waals surface area contributed by atoms with E-state index in [9.17, 15) is 13.2 Å². The number of nitrogens with one attached hydrogen (secondary N) is 2. The molecule has 0 bridgehead atoms. The van der Waals surface area contributed by atoms with E-state index in [0.29, 0.717) is 29.8 Å². The molecule has 1 aromatic carbocycles. The second kappa shape index (κ2) is 9.12. The van der Waals surface area contributed by atoms with Gasteiger partial charge in [-0.2, -0.15) is 4.72 Å². The molecule has 0 saturated heterocycles. The number of thiazole rings is 1. The Kier molecular flexibility index (Phi) is 6.41. The van der Waals surface area contributed by atoms with E-state index in [2.05, 4.69) is 20.0 Å². The number of benzene rings is 1. The molecule has 0 unspecified atom stereocenters. The molecule has 0 radical (unpaired) electrons. The molecule has 2 aromatic heterocycles. The Morgan fingerprint density at radius 2 is 1.94 bits per heavy atom. The molecule has 1 atom stereocenters. The number of fused-ring (bicyclic) bond motifs is 1. The van der Waals surface area contributed by atoms with Gasteiger partial charge in [0.25, 0.3) is 0 Å². The van der Waals surface area contributed by atoms with Crippen molar-refractivity contribution in [1.82, 2.24) is 19.3 Å². The number of rotatable bonds is 7. The van der Waals surface area contributed by atoms with Crippen molar-refractivity contribution >= 4 is 32.4 Å². The van der Waals surface area contributed by atoms with Crippen LogP contribution in [0.3, 0.4) is 0 Å². The van der Waals surface area contributed by atoms with Gasteiger partial charge in [-0.25, -0.2) is 18.4 Å². The van der Waals surface area contributed by atoms with Crippen LogP contribution in [0.25, 0.3) is 10.7 Å². The van der Waals surface area contributed by atoms with E-state index in [0.717, 1.165) is 16.4 Å². The second-order valence-electron chi connectivity index (χ2n) is 7.93. The zero-order valence-electron chi connectivity index (χ0n) is 18.7. The summed E-state index contributed by atoms with van der Waals surface area (Å²) in [5, 5.41) is 3.12. The van der Waals surface area contributed by atoms with Gasteiger partial charge in [0.15, 0.2) is 22.5 Å². The fourth-order valence-electron chi connectivity index (χ4n) is 3.34. The third-order valence-corrected chi connectivity index (χ3v) is 7.61. The van der Waals surface area contributed by atoms with Crippen molar-refractivity contribution in [2.24, 2.45) is 13.0 Å². The largest absolute Gasteiger partial charge is 0.486 e. The van der Waals surface area contributed by atoms with E-state index >= 15 is 0 Å². The van der Waals surface area contributed by atoms with Gasteiger partial charge < -0.3 is 19.4 Å². The standard InChI is InChI=1S/C21H25N5O5S2/c1-12(2)17(25-33(28,29)14-5-6-15-16(11-14)31-10-9-30-15)20(27)24-21-23-13(3)18(32-21)19-22-7-8-26(19)4/h5-8,11-12,17,25H,9-10H2,1-4H3,(H,23,24,27)/t17-/m0/s1. The number of hydrogen-bond donors (Lipinski definition) is 2. The lowest BCUT2D eigenvalue weighted by molar-refractivity contribution is -0.118. The highest BCUT2D eigenvalue weighted by Gasteiger charge is 2.30. The number of anilines is 1. The lowest BCUT2D eigenvalue weighted by Crippen LogP contribution is -2.47. The van der Waals surface area contributed by atoms with Crippen LogP contribution in [-0.4, -0.2) is 48.1 Å². The number of amides is 1. The second-order valence-corrected chi connectivity index (χ2v) is 10.6. The molecule has 2 N–H and O–H groups in total. The fraction of sp³-hybridized carbons (Fsp3) is 0.381. The summed E-state index contributed by atoms with van der Waals surface area (Å²) in [6.45, 7) is 6.12. The number of imidazole rings is 1. The summed E-state index contributed by atoms with van der Waals surface area (Å²) in [5.41, 5.74) is 0.725. The SMILES string of the molecule is Cc1nc(NC(=O)[C@@H](NS(=O)(=O)c2ccc3c(c2)OCCO3)C(C)C)sc1-c1nccn1C. The minimum absolute atomic E-state index is 0.00707. The lowest BCUT2D eigenvalue weighted by atomic mass is 10.1. The number of sulfonamides is 1. The number of ether oxygens (including phenoxy) is 2. The summed E-state index contributed by atoms with van der Waals surface area (Å²) >= 11 is 1.28. The van der Waals surface area contributed by atoms with Gasteiger partial charge in [-0.1, -0.05) is 25.2 Å². The van der Waals surface area contributed by atoms with Crippen LogP contribution in [0.5, 0.6) is 11.5 Å². The predicted molar refractivity (Wildman–Crippen MR) is 124 cm³/mol. The third-order valence-electron chi connectivity index (χ3n) is 5.11. The zero-order chi connectivity index (χ0) is 23.8. The topological polar surface area (TPSA) is 124 Å². The highest BCUT2D eigenvalue weighted by atomic mass is 32.2. The van der Waals surface area contributed by atoms with Gasteiger partial charge in [0.2, 0.25) is 15.9 Å². The number of hydrogen-bond acceptors (Lipinski definition) is 8. The monoisotopic (exact) mass is 491 g/mol. The number of aromatic nitrogens is 3. The van der Waals surface area contributed by atoms with E-state index in [-0.39, 0.29) is 10.8 Å². The number of aryl methyl sites for hydroxylation is 2. The van der Waals surface area contributed by atoms with Crippen molar-refractivity contribution in [3.63, 3.8) is 0 Å². The molecule has 1 aliphatic heterocycles. The molecule has 10 nitrogen and oxygen atoms in total. The Morgan fingerprint density at radius 1 is 1.21 bits per heavy atom. The average molecular weight is 492 g/mol. The van der Waals surface area contributed by atoms with Crippen LogP contribution in [0.1, 0.15) is 19.5 Å². The number of nitrogens with zero attached hydrogens (tertiary/aromatic N) is 3. The van der Waals surface area contributed by atoms with Gasteiger partial charge >= 0.3 is 0 Å². The minimum Gasteiger partial charge on any atom is -0.486 e. The molecule has 3 aromatic rings. The maximum absolute atomic E-state index is 13.0. The zero-order valence-corrected chi connectivity index (χ0v) is 20.3. The van der Waals surface area contributed by atoms with E-state index in [4.69, 9.17) is 9.47 Å². The Bertz CT molecular complexity index is 1280. The minimum atomic E-state index is -4.00. The van der Waals surface area contributed by atoms with Crippen LogP contribution in [0.15, 0.2) is 35.5 Å². The maximum atomic E-state index is 13.0. The molecule has 4 rings (SSSR count). The van der Waals surface area contributed by atoms with Crippen molar-refractivity contribution in [2.75, 3.05) is 18.5 Å². The third kappa shape index (κ3) is 4.87. The molecule has 176 valence electrons. The van der Waals surface area contributed by atoms with Crippen molar-refractivity contribution in [2.45, 2.75) is 31.7 Å². The summed E-state index contributed by atoms with van der Waals surface area (Å²) in [6, 6.07) is 3.36. The molecule has 12 heteroatoms.